The number of likely N-dealkylation sites (tertiary alicyclic amines) is 1. The first-order valence-corrected chi connectivity index (χ1v) is 11.5. The molecule has 0 aliphatic carbocycles. The second kappa shape index (κ2) is 9.23. The molecule has 34 heavy (non-hydrogen) atoms. The fourth-order valence-electron chi connectivity index (χ4n) is 4.61. The second-order valence-electron chi connectivity index (χ2n) is 8.91. The Balaban J connectivity index is 1.39. The summed E-state index contributed by atoms with van der Waals surface area (Å²) in [6, 6.07) is 20.2. The molecule has 5 nitrogen and oxygen atoms in total. The first kappa shape index (κ1) is 22.0. The average molecular weight is 456 g/mol. The molecule has 1 unspecified atom stereocenters. The highest BCUT2D eigenvalue weighted by Crippen LogP contribution is 2.30. The molecule has 1 fully saturated rings. The van der Waals surface area contributed by atoms with Gasteiger partial charge in [-0.05, 0) is 79.4 Å². The number of hydrogen-bond acceptors (Lipinski definition) is 4. The van der Waals surface area contributed by atoms with Gasteiger partial charge in [0.15, 0.2) is 0 Å². The van der Waals surface area contributed by atoms with Gasteiger partial charge in [-0.2, -0.15) is 0 Å². The molecule has 3 aromatic carbocycles. The number of imide groups is 1. The summed E-state index contributed by atoms with van der Waals surface area (Å²) >= 11 is 0. The maximum absolute atomic E-state index is 13.3. The molecule has 1 atom stereocenters. The summed E-state index contributed by atoms with van der Waals surface area (Å²) in [5.74, 6) is -1.20. The van der Waals surface area contributed by atoms with E-state index in [1.54, 1.807) is 36.5 Å². The maximum Gasteiger partial charge on any atom is 0.260 e. The van der Waals surface area contributed by atoms with Crippen LogP contribution in [0, 0.1) is 5.82 Å². The van der Waals surface area contributed by atoms with E-state index in [2.05, 4.69) is 34.6 Å². The van der Waals surface area contributed by atoms with Crippen molar-refractivity contribution in [2.24, 2.45) is 0 Å². The lowest BCUT2D eigenvalue weighted by atomic mass is 9.91. The largest absolute Gasteiger partial charge is 0.361 e. The van der Waals surface area contributed by atoms with E-state index in [1.165, 1.54) is 30.5 Å². The molecule has 0 bridgehead atoms. The van der Waals surface area contributed by atoms with Crippen molar-refractivity contribution in [1.29, 1.82) is 0 Å². The molecule has 2 aliphatic heterocycles. The van der Waals surface area contributed by atoms with Crippen molar-refractivity contribution in [3.8, 4) is 11.1 Å². The third-order valence-corrected chi connectivity index (χ3v) is 6.62. The number of fused-ring (bicyclic) bond motifs is 1. The lowest BCUT2D eigenvalue weighted by molar-refractivity contribution is -0.114. The van der Waals surface area contributed by atoms with Crippen LogP contribution in [0.15, 0.2) is 72.9 Å². The molecular weight excluding hydrogens is 429 g/mol. The SMILES string of the molecule is CC1CCCN1Cc1ccc(NC=C2C(=O)NC(=O)c3ccc(-c4ccc(F)cc4)cc32)cc1. The van der Waals surface area contributed by atoms with Gasteiger partial charge in [-0.25, -0.2) is 4.39 Å². The van der Waals surface area contributed by atoms with E-state index >= 15 is 0 Å². The van der Waals surface area contributed by atoms with E-state index in [0.717, 1.165) is 29.9 Å². The monoisotopic (exact) mass is 455 g/mol. The van der Waals surface area contributed by atoms with Gasteiger partial charge >= 0.3 is 0 Å². The van der Waals surface area contributed by atoms with Crippen LogP contribution in [0.5, 0.6) is 0 Å². The number of rotatable bonds is 5. The molecule has 3 aromatic rings. The molecule has 0 saturated carbocycles. The molecule has 2 N–H and O–H groups in total. The van der Waals surface area contributed by atoms with Gasteiger partial charge < -0.3 is 5.32 Å². The van der Waals surface area contributed by atoms with Crippen molar-refractivity contribution in [1.82, 2.24) is 10.2 Å². The van der Waals surface area contributed by atoms with E-state index in [-0.39, 0.29) is 5.82 Å². The summed E-state index contributed by atoms with van der Waals surface area (Å²) in [5.41, 5.74) is 5.05. The standard InChI is InChI=1S/C28H26FN3O2/c1-18-3-2-14-32(18)17-19-4-11-23(12-5-19)30-16-26-25-15-21(20-6-9-22(29)10-7-20)8-13-24(25)27(33)31-28(26)34/h4-13,15-16,18,30H,2-3,14,17H2,1H3,(H,31,33,34). The maximum atomic E-state index is 13.3. The third-order valence-electron chi connectivity index (χ3n) is 6.62. The Morgan fingerprint density at radius 1 is 0.971 bits per heavy atom. The summed E-state index contributed by atoms with van der Waals surface area (Å²) in [4.78, 5) is 27.5. The zero-order valence-electron chi connectivity index (χ0n) is 19.0. The van der Waals surface area contributed by atoms with Crippen molar-refractivity contribution in [3.05, 3.63) is 95.4 Å². The first-order valence-electron chi connectivity index (χ1n) is 11.5. The predicted octanol–water partition coefficient (Wildman–Crippen LogP) is 5.20. The molecule has 0 spiro atoms. The van der Waals surface area contributed by atoms with Crippen LogP contribution in [0.2, 0.25) is 0 Å². The summed E-state index contributed by atoms with van der Waals surface area (Å²) in [6.07, 6.45) is 4.14. The Bertz CT molecular complexity index is 1270. The Morgan fingerprint density at radius 3 is 2.41 bits per heavy atom. The minimum atomic E-state index is -0.458. The molecular formula is C28H26FN3O2. The summed E-state index contributed by atoms with van der Waals surface area (Å²) in [6.45, 7) is 4.35. The minimum Gasteiger partial charge on any atom is -0.361 e. The summed E-state index contributed by atoms with van der Waals surface area (Å²) < 4.78 is 13.3. The van der Waals surface area contributed by atoms with Gasteiger partial charge in [0.25, 0.3) is 11.8 Å². The van der Waals surface area contributed by atoms with E-state index in [0.29, 0.717) is 22.7 Å². The van der Waals surface area contributed by atoms with Crippen LogP contribution in [-0.2, 0) is 11.3 Å². The molecule has 6 heteroatoms. The van der Waals surface area contributed by atoms with Crippen LogP contribution >= 0.6 is 0 Å². The van der Waals surface area contributed by atoms with Crippen LogP contribution in [0.1, 0.15) is 41.3 Å². The van der Waals surface area contributed by atoms with Crippen molar-refractivity contribution in [3.63, 3.8) is 0 Å². The molecule has 5 rings (SSSR count). The van der Waals surface area contributed by atoms with Crippen molar-refractivity contribution >= 4 is 23.1 Å². The van der Waals surface area contributed by atoms with Crippen LogP contribution in [0.3, 0.4) is 0 Å². The lowest BCUT2D eigenvalue weighted by Gasteiger charge is -2.21. The highest BCUT2D eigenvalue weighted by molar-refractivity contribution is 6.31. The van der Waals surface area contributed by atoms with Gasteiger partial charge in [0, 0.05) is 35.6 Å². The average Bonchev–Trinajstić information content (AvgIpc) is 3.24. The number of halogens is 1. The topological polar surface area (TPSA) is 61.4 Å². The van der Waals surface area contributed by atoms with Gasteiger partial charge in [-0.3, -0.25) is 19.8 Å². The van der Waals surface area contributed by atoms with Gasteiger partial charge in [0.1, 0.15) is 5.82 Å². The van der Waals surface area contributed by atoms with Gasteiger partial charge in [0.05, 0.1) is 5.57 Å². The fraction of sp³-hybridized carbons (Fsp3) is 0.214. The van der Waals surface area contributed by atoms with Crippen molar-refractivity contribution in [2.75, 3.05) is 11.9 Å². The highest BCUT2D eigenvalue weighted by atomic mass is 19.1. The Hall–Kier alpha value is -3.77. The van der Waals surface area contributed by atoms with Crippen molar-refractivity contribution in [2.45, 2.75) is 32.4 Å². The van der Waals surface area contributed by atoms with Gasteiger partial charge in [-0.1, -0.05) is 30.3 Å². The van der Waals surface area contributed by atoms with E-state index in [9.17, 15) is 14.0 Å². The molecule has 1 saturated heterocycles. The number of carbonyl (C=O) groups is 2. The molecule has 0 radical (unpaired) electrons. The number of anilines is 1. The Kier molecular flexibility index (Phi) is 5.99. The van der Waals surface area contributed by atoms with Crippen molar-refractivity contribution < 1.29 is 14.0 Å². The van der Waals surface area contributed by atoms with E-state index < -0.39 is 11.8 Å². The normalized spacial score (nSPS) is 19.2. The minimum absolute atomic E-state index is 0.318. The van der Waals surface area contributed by atoms with Crippen LogP contribution in [0.4, 0.5) is 10.1 Å². The quantitative estimate of drug-likeness (QED) is 0.410. The first-order chi connectivity index (χ1) is 16.5. The lowest BCUT2D eigenvalue weighted by Crippen LogP contribution is -2.36. The summed E-state index contributed by atoms with van der Waals surface area (Å²) in [7, 11) is 0. The molecule has 2 heterocycles. The van der Waals surface area contributed by atoms with Crippen LogP contribution in [-0.4, -0.2) is 29.3 Å². The summed E-state index contributed by atoms with van der Waals surface area (Å²) in [5, 5.41) is 5.60. The number of benzene rings is 3. The van der Waals surface area contributed by atoms with Gasteiger partial charge in [0.2, 0.25) is 0 Å². The smallest absolute Gasteiger partial charge is 0.260 e. The second-order valence-corrected chi connectivity index (χ2v) is 8.91. The predicted molar refractivity (Wildman–Crippen MR) is 131 cm³/mol. The zero-order chi connectivity index (χ0) is 23.7. The fourth-order valence-corrected chi connectivity index (χ4v) is 4.61. The third kappa shape index (κ3) is 4.50. The molecule has 2 aliphatic rings. The molecule has 172 valence electrons. The number of carbonyl (C=O) groups excluding carboxylic acids is 2. The zero-order valence-corrected chi connectivity index (χ0v) is 19.0. The number of nitrogens with one attached hydrogen (secondary N) is 2. The van der Waals surface area contributed by atoms with E-state index in [4.69, 9.17) is 0 Å². The Labute approximate surface area is 198 Å². The molecule has 0 aromatic heterocycles. The Morgan fingerprint density at radius 2 is 1.71 bits per heavy atom. The van der Waals surface area contributed by atoms with Crippen LogP contribution < -0.4 is 10.6 Å². The highest BCUT2D eigenvalue weighted by Gasteiger charge is 2.27. The number of amides is 2. The van der Waals surface area contributed by atoms with Gasteiger partial charge in [-0.15, -0.1) is 0 Å². The molecule has 2 amide bonds. The van der Waals surface area contributed by atoms with Crippen LogP contribution in [0.25, 0.3) is 16.7 Å². The number of hydrogen-bond donors (Lipinski definition) is 2. The van der Waals surface area contributed by atoms with E-state index in [1.807, 2.05) is 12.1 Å². The number of nitrogens with zero attached hydrogens (tertiary/aromatic N) is 1.